The molecule has 0 saturated carbocycles. The topological polar surface area (TPSA) is 38.5 Å². The second-order valence-electron chi connectivity index (χ2n) is 4.32. The van der Waals surface area contributed by atoms with Gasteiger partial charge in [-0.25, -0.2) is 0 Å². The van der Waals surface area contributed by atoms with Crippen LogP contribution in [0.25, 0.3) is 0 Å². The normalized spacial score (nSPS) is 11.4. The van der Waals surface area contributed by atoms with E-state index in [1.165, 1.54) is 4.90 Å². The first kappa shape index (κ1) is 15.5. The first-order valence-corrected chi connectivity index (χ1v) is 6.14. The zero-order chi connectivity index (χ0) is 14.5. The Hall–Kier alpha value is -1.59. The molecule has 0 aliphatic rings. The molecule has 2 N–H and O–H groups in total. The van der Waals surface area contributed by atoms with Crippen molar-refractivity contribution in [3.63, 3.8) is 0 Å². The third kappa shape index (κ3) is 4.89. The molecule has 1 aromatic carbocycles. The lowest BCUT2D eigenvalue weighted by atomic mass is 10.2. The molecule has 0 aliphatic carbocycles. The summed E-state index contributed by atoms with van der Waals surface area (Å²) in [6, 6.07) is 5.12. The SMILES string of the molecule is CCCOc1cccc(N(C)CCC(F)(F)F)c1N. The van der Waals surface area contributed by atoms with E-state index in [0.29, 0.717) is 23.7 Å². The number of nitrogens with two attached hydrogens (primary N) is 1. The predicted octanol–water partition coefficient (Wildman–Crippen LogP) is 3.45. The largest absolute Gasteiger partial charge is 0.491 e. The number of nitrogen functional groups attached to an aromatic ring is 1. The van der Waals surface area contributed by atoms with E-state index in [2.05, 4.69) is 0 Å². The van der Waals surface area contributed by atoms with Gasteiger partial charge in [-0.2, -0.15) is 13.2 Å². The van der Waals surface area contributed by atoms with Crippen LogP contribution < -0.4 is 15.4 Å². The zero-order valence-corrected chi connectivity index (χ0v) is 11.1. The fraction of sp³-hybridized carbons (Fsp3) is 0.538. The molecule has 0 atom stereocenters. The van der Waals surface area contributed by atoms with Crippen molar-refractivity contribution in [1.29, 1.82) is 0 Å². The van der Waals surface area contributed by atoms with Crippen LogP contribution in [0.3, 0.4) is 0 Å². The van der Waals surface area contributed by atoms with Gasteiger partial charge in [0.25, 0.3) is 0 Å². The molecule has 3 nitrogen and oxygen atoms in total. The highest BCUT2D eigenvalue weighted by Crippen LogP contribution is 2.32. The number of hydrogen-bond donors (Lipinski definition) is 1. The maximum Gasteiger partial charge on any atom is 0.390 e. The minimum Gasteiger partial charge on any atom is -0.491 e. The number of anilines is 2. The molecule has 19 heavy (non-hydrogen) atoms. The fourth-order valence-corrected chi connectivity index (χ4v) is 1.62. The number of halogens is 3. The van der Waals surface area contributed by atoms with Crippen molar-refractivity contribution in [3.8, 4) is 5.75 Å². The van der Waals surface area contributed by atoms with Crippen LogP contribution in [-0.2, 0) is 0 Å². The summed E-state index contributed by atoms with van der Waals surface area (Å²) in [5, 5.41) is 0. The average molecular weight is 276 g/mol. The molecule has 0 amide bonds. The van der Waals surface area contributed by atoms with Gasteiger partial charge in [0.05, 0.1) is 24.4 Å². The quantitative estimate of drug-likeness (QED) is 0.809. The van der Waals surface area contributed by atoms with Crippen molar-refractivity contribution in [2.45, 2.75) is 25.9 Å². The maximum absolute atomic E-state index is 12.2. The summed E-state index contributed by atoms with van der Waals surface area (Å²) in [7, 11) is 1.58. The van der Waals surface area contributed by atoms with E-state index in [0.717, 1.165) is 6.42 Å². The molecular formula is C13H19F3N2O. The second kappa shape index (κ2) is 6.54. The van der Waals surface area contributed by atoms with E-state index in [-0.39, 0.29) is 6.54 Å². The Bertz CT molecular complexity index is 407. The van der Waals surface area contributed by atoms with Gasteiger partial charge in [0, 0.05) is 13.6 Å². The summed E-state index contributed by atoms with van der Waals surface area (Å²) < 4.78 is 42.0. The number of hydrogen-bond acceptors (Lipinski definition) is 3. The monoisotopic (exact) mass is 276 g/mol. The summed E-state index contributed by atoms with van der Waals surface area (Å²) in [6.07, 6.45) is -4.20. The van der Waals surface area contributed by atoms with E-state index in [1.54, 1.807) is 25.2 Å². The van der Waals surface area contributed by atoms with Crippen LogP contribution in [0.15, 0.2) is 18.2 Å². The zero-order valence-electron chi connectivity index (χ0n) is 11.1. The Morgan fingerprint density at radius 3 is 2.58 bits per heavy atom. The standard InChI is InChI=1S/C13H19F3N2O/c1-3-9-19-11-6-4-5-10(12(11)17)18(2)8-7-13(14,15)16/h4-6H,3,7-9,17H2,1-2H3. The summed E-state index contributed by atoms with van der Waals surface area (Å²) >= 11 is 0. The van der Waals surface area contributed by atoms with Gasteiger partial charge in [0.15, 0.2) is 0 Å². The Kier molecular flexibility index (Phi) is 5.32. The number of alkyl halides is 3. The second-order valence-corrected chi connectivity index (χ2v) is 4.32. The van der Waals surface area contributed by atoms with E-state index < -0.39 is 12.6 Å². The lowest BCUT2D eigenvalue weighted by molar-refractivity contribution is -0.132. The first-order valence-electron chi connectivity index (χ1n) is 6.14. The number of rotatable bonds is 6. The molecule has 0 radical (unpaired) electrons. The van der Waals surface area contributed by atoms with E-state index in [4.69, 9.17) is 10.5 Å². The molecule has 108 valence electrons. The molecule has 0 bridgehead atoms. The molecule has 6 heteroatoms. The van der Waals surface area contributed by atoms with Crippen LogP contribution in [-0.4, -0.2) is 26.4 Å². The summed E-state index contributed by atoms with van der Waals surface area (Å²) in [6.45, 7) is 2.36. The van der Waals surface area contributed by atoms with Gasteiger partial charge >= 0.3 is 6.18 Å². The summed E-state index contributed by atoms with van der Waals surface area (Å²) in [5.74, 6) is 0.512. The van der Waals surface area contributed by atoms with E-state index >= 15 is 0 Å². The van der Waals surface area contributed by atoms with Crippen molar-refractivity contribution in [2.24, 2.45) is 0 Å². The van der Waals surface area contributed by atoms with Gasteiger partial charge in [-0.1, -0.05) is 13.0 Å². The highest BCUT2D eigenvalue weighted by Gasteiger charge is 2.27. The van der Waals surface area contributed by atoms with Crippen LogP contribution in [0.4, 0.5) is 24.5 Å². The smallest absolute Gasteiger partial charge is 0.390 e. The summed E-state index contributed by atoms with van der Waals surface area (Å²) in [5.41, 5.74) is 6.85. The minimum atomic E-state index is -4.17. The molecule has 0 aliphatic heterocycles. The van der Waals surface area contributed by atoms with Crippen LogP contribution >= 0.6 is 0 Å². The Morgan fingerprint density at radius 2 is 2.00 bits per heavy atom. The van der Waals surface area contributed by atoms with Gasteiger partial charge in [-0.05, 0) is 18.6 Å². The van der Waals surface area contributed by atoms with Crippen molar-refractivity contribution in [2.75, 3.05) is 30.8 Å². The van der Waals surface area contributed by atoms with Gasteiger partial charge in [-0.15, -0.1) is 0 Å². The van der Waals surface area contributed by atoms with E-state index in [9.17, 15) is 13.2 Å². The minimum absolute atomic E-state index is 0.134. The third-order valence-corrected chi connectivity index (χ3v) is 2.65. The molecule has 0 fully saturated rings. The molecule has 0 aromatic heterocycles. The Morgan fingerprint density at radius 1 is 1.32 bits per heavy atom. The molecule has 0 saturated heterocycles. The predicted molar refractivity (Wildman–Crippen MR) is 70.6 cm³/mol. The van der Waals surface area contributed by atoms with Crippen molar-refractivity contribution >= 4 is 11.4 Å². The number of benzene rings is 1. The van der Waals surface area contributed by atoms with Crippen molar-refractivity contribution < 1.29 is 17.9 Å². The highest BCUT2D eigenvalue weighted by molar-refractivity contribution is 5.73. The number of ether oxygens (including phenoxy) is 1. The third-order valence-electron chi connectivity index (χ3n) is 2.65. The van der Waals surface area contributed by atoms with Gasteiger partial charge in [0.1, 0.15) is 5.75 Å². The Labute approximate surface area is 111 Å². The molecule has 1 rings (SSSR count). The van der Waals surface area contributed by atoms with Gasteiger partial charge in [-0.3, -0.25) is 0 Å². The van der Waals surface area contributed by atoms with Gasteiger partial charge in [0.2, 0.25) is 0 Å². The van der Waals surface area contributed by atoms with Crippen LogP contribution in [0.1, 0.15) is 19.8 Å². The van der Waals surface area contributed by atoms with Crippen LogP contribution in [0.2, 0.25) is 0 Å². The summed E-state index contributed by atoms with van der Waals surface area (Å²) in [4.78, 5) is 1.49. The molecule has 0 unspecified atom stereocenters. The molecular weight excluding hydrogens is 257 g/mol. The molecule has 0 heterocycles. The average Bonchev–Trinajstić information content (AvgIpc) is 2.34. The lowest BCUT2D eigenvalue weighted by Gasteiger charge is -2.23. The van der Waals surface area contributed by atoms with Crippen LogP contribution in [0, 0.1) is 0 Å². The molecule has 0 spiro atoms. The number of nitrogens with zero attached hydrogens (tertiary/aromatic N) is 1. The van der Waals surface area contributed by atoms with Gasteiger partial charge < -0.3 is 15.4 Å². The first-order chi connectivity index (χ1) is 8.85. The fourth-order valence-electron chi connectivity index (χ4n) is 1.62. The maximum atomic E-state index is 12.2. The van der Waals surface area contributed by atoms with Crippen LogP contribution in [0.5, 0.6) is 5.75 Å². The Balaban J connectivity index is 2.76. The van der Waals surface area contributed by atoms with Crippen molar-refractivity contribution in [3.05, 3.63) is 18.2 Å². The highest BCUT2D eigenvalue weighted by atomic mass is 19.4. The number of para-hydroxylation sites is 1. The lowest BCUT2D eigenvalue weighted by Crippen LogP contribution is -2.24. The van der Waals surface area contributed by atoms with Crippen molar-refractivity contribution in [1.82, 2.24) is 0 Å². The molecule has 1 aromatic rings. The van der Waals surface area contributed by atoms with E-state index in [1.807, 2.05) is 6.92 Å².